The fraction of sp³-hybridized carbons (Fsp3) is 0.308. The Kier molecular flexibility index (Phi) is 2.69. The zero-order chi connectivity index (χ0) is 11.7. The minimum atomic E-state index is 0.00695. The van der Waals surface area contributed by atoms with Crippen LogP contribution < -0.4 is 5.32 Å². The normalized spacial score (nSPS) is 20.9. The topological polar surface area (TPSA) is 49.3 Å². The van der Waals surface area contributed by atoms with E-state index >= 15 is 0 Å². The average Bonchev–Trinajstić information content (AvgIpc) is 2.25. The number of phenolic OH excluding ortho intramolecular Hbond substituents is 1. The molecule has 16 heavy (non-hydrogen) atoms. The second-order valence-corrected chi connectivity index (χ2v) is 4.24. The lowest BCUT2D eigenvalue weighted by atomic mass is 9.90. The molecule has 1 aliphatic heterocycles. The molecule has 0 aliphatic carbocycles. The first kappa shape index (κ1) is 10.7. The molecule has 0 aromatic heterocycles. The Labute approximate surface area is 94.8 Å². The molecule has 0 spiro atoms. The molecule has 0 bridgehead atoms. The van der Waals surface area contributed by atoms with Gasteiger partial charge in [0.1, 0.15) is 5.75 Å². The largest absolute Gasteiger partial charge is 0.508 e. The standard InChI is InChI=1S/C13H15NO2/c1-8-7-12(9(2)14-13(8)16)10-3-5-11(15)6-4-10/h3-6,8,15H,7H2,1-2H3,(H,14,16). The van der Waals surface area contributed by atoms with Gasteiger partial charge >= 0.3 is 0 Å². The van der Waals surface area contributed by atoms with Gasteiger partial charge in [0.25, 0.3) is 0 Å². The highest BCUT2D eigenvalue weighted by atomic mass is 16.3. The number of carbonyl (C=O) groups is 1. The van der Waals surface area contributed by atoms with Crippen LogP contribution in [0.25, 0.3) is 5.57 Å². The molecule has 1 aromatic carbocycles. The molecule has 2 rings (SSSR count). The molecule has 3 nitrogen and oxygen atoms in total. The minimum absolute atomic E-state index is 0.00695. The van der Waals surface area contributed by atoms with Crippen LogP contribution in [0.15, 0.2) is 30.0 Å². The van der Waals surface area contributed by atoms with Crippen molar-refractivity contribution in [1.82, 2.24) is 5.32 Å². The van der Waals surface area contributed by atoms with Crippen LogP contribution in [-0.2, 0) is 4.79 Å². The molecule has 1 heterocycles. The first-order chi connectivity index (χ1) is 7.58. The smallest absolute Gasteiger partial charge is 0.227 e. The Morgan fingerprint density at radius 2 is 1.94 bits per heavy atom. The van der Waals surface area contributed by atoms with Crippen LogP contribution in [0.2, 0.25) is 0 Å². The lowest BCUT2D eigenvalue weighted by Crippen LogP contribution is -2.32. The first-order valence-corrected chi connectivity index (χ1v) is 5.38. The summed E-state index contributed by atoms with van der Waals surface area (Å²) in [5.74, 6) is 0.349. The van der Waals surface area contributed by atoms with Crippen molar-refractivity contribution in [3.8, 4) is 5.75 Å². The summed E-state index contributed by atoms with van der Waals surface area (Å²) in [6.07, 6.45) is 0.752. The van der Waals surface area contributed by atoms with Gasteiger partial charge in [0.05, 0.1) is 0 Å². The molecule has 1 atom stereocenters. The van der Waals surface area contributed by atoms with E-state index in [4.69, 9.17) is 0 Å². The number of amides is 1. The molecule has 1 aliphatic rings. The molecule has 0 saturated heterocycles. The second-order valence-electron chi connectivity index (χ2n) is 4.24. The molecular weight excluding hydrogens is 202 g/mol. The van der Waals surface area contributed by atoms with Gasteiger partial charge < -0.3 is 10.4 Å². The Bertz CT molecular complexity index is 446. The SMILES string of the molecule is CC1=C(c2ccc(O)cc2)CC(C)C(=O)N1. The summed E-state index contributed by atoms with van der Waals surface area (Å²) in [5.41, 5.74) is 3.11. The fourth-order valence-electron chi connectivity index (χ4n) is 1.93. The first-order valence-electron chi connectivity index (χ1n) is 5.38. The number of nitrogens with one attached hydrogen (secondary N) is 1. The van der Waals surface area contributed by atoms with E-state index in [2.05, 4.69) is 5.32 Å². The van der Waals surface area contributed by atoms with E-state index in [9.17, 15) is 9.90 Å². The van der Waals surface area contributed by atoms with E-state index in [0.29, 0.717) is 0 Å². The van der Waals surface area contributed by atoms with Crippen molar-refractivity contribution in [2.24, 2.45) is 5.92 Å². The van der Waals surface area contributed by atoms with Crippen LogP contribution in [0.4, 0.5) is 0 Å². The predicted molar refractivity (Wildman–Crippen MR) is 62.6 cm³/mol. The maximum atomic E-state index is 11.5. The molecule has 1 amide bonds. The predicted octanol–water partition coefficient (Wildman–Crippen LogP) is 2.28. The van der Waals surface area contributed by atoms with Crippen molar-refractivity contribution in [2.45, 2.75) is 20.3 Å². The van der Waals surface area contributed by atoms with Crippen molar-refractivity contribution < 1.29 is 9.90 Å². The Morgan fingerprint density at radius 1 is 1.31 bits per heavy atom. The van der Waals surface area contributed by atoms with Gasteiger partial charge in [0.2, 0.25) is 5.91 Å². The third-order valence-electron chi connectivity index (χ3n) is 2.94. The van der Waals surface area contributed by atoms with E-state index in [-0.39, 0.29) is 17.6 Å². The summed E-state index contributed by atoms with van der Waals surface area (Å²) in [4.78, 5) is 11.5. The van der Waals surface area contributed by atoms with Gasteiger partial charge in [0.15, 0.2) is 0 Å². The summed E-state index contributed by atoms with van der Waals surface area (Å²) in [7, 11) is 0. The minimum Gasteiger partial charge on any atom is -0.508 e. The highest BCUT2D eigenvalue weighted by Crippen LogP contribution is 2.29. The molecule has 84 valence electrons. The highest BCUT2D eigenvalue weighted by Gasteiger charge is 2.22. The number of aromatic hydroxyl groups is 1. The van der Waals surface area contributed by atoms with E-state index in [0.717, 1.165) is 23.3 Å². The third kappa shape index (κ3) is 1.94. The van der Waals surface area contributed by atoms with Crippen molar-refractivity contribution in [1.29, 1.82) is 0 Å². The van der Waals surface area contributed by atoms with Crippen molar-refractivity contribution in [3.63, 3.8) is 0 Å². The zero-order valence-electron chi connectivity index (χ0n) is 9.45. The molecule has 1 aromatic rings. The fourth-order valence-corrected chi connectivity index (χ4v) is 1.93. The molecule has 0 saturated carbocycles. The maximum Gasteiger partial charge on any atom is 0.227 e. The summed E-state index contributed by atoms with van der Waals surface area (Å²) >= 11 is 0. The van der Waals surface area contributed by atoms with Crippen LogP contribution in [0.5, 0.6) is 5.75 Å². The maximum absolute atomic E-state index is 11.5. The van der Waals surface area contributed by atoms with Crippen molar-refractivity contribution >= 4 is 11.5 Å². The van der Waals surface area contributed by atoms with Crippen LogP contribution in [0, 0.1) is 5.92 Å². The van der Waals surface area contributed by atoms with Gasteiger partial charge in [-0.05, 0) is 36.6 Å². The lowest BCUT2D eigenvalue weighted by Gasteiger charge is -2.23. The Hall–Kier alpha value is -1.77. The zero-order valence-corrected chi connectivity index (χ0v) is 9.45. The van der Waals surface area contributed by atoms with Gasteiger partial charge in [0, 0.05) is 11.6 Å². The van der Waals surface area contributed by atoms with Gasteiger partial charge in [-0.15, -0.1) is 0 Å². The number of hydrogen-bond donors (Lipinski definition) is 2. The van der Waals surface area contributed by atoms with Gasteiger partial charge in [-0.2, -0.15) is 0 Å². The van der Waals surface area contributed by atoms with E-state index in [1.165, 1.54) is 0 Å². The van der Waals surface area contributed by atoms with Crippen LogP contribution in [0.3, 0.4) is 0 Å². The number of hydrogen-bond acceptors (Lipinski definition) is 2. The number of phenols is 1. The van der Waals surface area contributed by atoms with Gasteiger partial charge in [-0.1, -0.05) is 19.1 Å². The number of rotatable bonds is 1. The molecule has 0 fully saturated rings. The molecule has 1 unspecified atom stereocenters. The molecule has 2 N–H and O–H groups in total. The van der Waals surface area contributed by atoms with Gasteiger partial charge in [-0.3, -0.25) is 4.79 Å². The summed E-state index contributed by atoms with van der Waals surface area (Å²) in [6.45, 7) is 3.83. The van der Waals surface area contributed by atoms with Crippen molar-refractivity contribution in [2.75, 3.05) is 0 Å². The summed E-state index contributed by atoms with van der Waals surface area (Å²) in [5, 5.41) is 12.1. The number of benzene rings is 1. The summed E-state index contributed by atoms with van der Waals surface area (Å²) < 4.78 is 0. The van der Waals surface area contributed by atoms with Crippen molar-refractivity contribution in [3.05, 3.63) is 35.5 Å². The number of allylic oxidation sites excluding steroid dienone is 2. The number of carbonyl (C=O) groups excluding carboxylic acids is 1. The van der Waals surface area contributed by atoms with Crippen LogP contribution >= 0.6 is 0 Å². The molecule has 0 radical (unpaired) electrons. The Balaban J connectivity index is 2.36. The van der Waals surface area contributed by atoms with E-state index in [1.54, 1.807) is 12.1 Å². The van der Waals surface area contributed by atoms with Crippen LogP contribution in [-0.4, -0.2) is 11.0 Å². The lowest BCUT2D eigenvalue weighted by molar-refractivity contribution is -0.123. The van der Waals surface area contributed by atoms with Gasteiger partial charge in [-0.25, -0.2) is 0 Å². The average molecular weight is 217 g/mol. The second kappa shape index (κ2) is 4.00. The Morgan fingerprint density at radius 3 is 2.56 bits per heavy atom. The molecular formula is C13H15NO2. The van der Waals surface area contributed by atoms with E-state index in [1.807, 2.05) is 26.0 Å². The highest BCUT2D eigenvalue weighted by molar-refractivity contribution is 5.88. The quantitative estimate of drug-likeness (QED) is 0.758. The monoisotopic (exact) mass is 217 g/mol. The molecule has 3 heteroatoms. The summed E-state index contributed by atoms with van der Waals surface area (Å²) in [6, 6.07) is 7.07. The third-order valence-corrected chi connectivity index (χ3v) is 2.94. The van der Waals surface area contributed by atoms with E-state index < -0.39 is 0 Å². The van der Waals surface area contributed by atoms with Crippen LogP contribution in [0.1, 0.15) is 25.8 Å².